The molecule has 0 heterocycles. The Bertz CT molecular complexity index is 1420. The Balaban J connectivity index is 2.10. The summed E-state index contributed by atoms with van der Waals surface area (Å²) in [5.41, 5.74) is 1.57. The van der Waals surface area contributed by atoms with Crippen molar-refractivity contribution >= 4 is 27.5 Å². The number of rotatable bonds is 11. The lowest BCUT2D eigenvalue weighted by Crippen LogP contribution is -2.55. The van der Waals surface area contributed by atoms with E-state index in [1.165, 1.54) is 24.1 Å². The van der Waals surface area contributed by atoms with Crippen LogP contribution in [0.25, 0.3) is 0 Å². The van der Waals surface area contributed by atoms with Gasteiger partial charge in [-0.05, 0) is 63.9 Å². The van der Waals surface area contributed by atoms with Gasteiger partial charge in [-0.1, -0.05) is 67.1 Å². The summed E-state index contributed by atoms with van der Waals surface area (Å²) in [6, 6.07) is 21.5. The van der Waals surface area contributed by atoms with E-state index in [2.05, 4.69) is 5.32 Å². The SMILES string of the molecule is CC[C@@H](C(=O)NC(C)(C)C)N(Cc1cccc(C)c1)C(=O)CN(c1ccccc1OC)S(=O)(=O)c1ccccc1. The van der Waals surface area contributed by atoms with Crippen molar-refractivity contribution in [3.63, 3.8) is 0 Å². The predicted molar refractivity (Wildman–Crippen MR) is 158 cm³/mol. The van der Waals surface area contributed by atoms with Crippen molar-refractivity contribution in [1.82, 2.24) is 10.2 Å². The minimum Gasteiger partial charge on any atom is -0.495 e. The molecular weight excluding hydrogens is 526 g/mol. The van der Waals surface area contributed by atoms with Crippen LogP contribution in [0.1, 0.15) is 45.2 Å². The van der Waals surface area contributed by atoms with Gasteiger partial charge in [-0.15, -0.1) is 0 Å². The van der Waals surface area contributed by atoms with Crippen LogP contribution in [0.3, 0.4) is 0 Å². The van der Waals surface area contributed by atoms with E-state index in [4.69, 9.17) is 4.74 Å². The monoisotopic (exact) mass is 565 g/mol. The second-order valence-corrected chi connectivity index (χ2v) is 12.5. The van der Waals surface area contributed by atoms with Crippen LogP contribution < -0.4 is 14.4 Å². The second kappa shape index (κ2) is 13.0. The van der Waals surface area contributed by atoms with Gasteiger partial charge in [-0.25, -0.2) is 8.42 Å². The van der Waals surface area contributed by atoms with Crippen molar-refractivity contribution in [2.24, 2.45) is 0 Å². The maximum Gasteiger partial charge on any atom is 0.264 e. The summed E-state index contributed by atoms with van der Waals surface area (Å²) in [6.07, 6.45) is 0.347. The fraction of sp³-hybridized carbons (Fsp3) is 0.355. The summed E-state index contributed by atoms with van der Waals surface area (Å²) in [6.45, 7) is 9.03. The third-order valence-corrected chi connectivity index (χ3v) is 8.06. The number of hydrogen-bond acceptors (Lipinski definition) is 5. The van der Waals surface area contributed by atoms with Gasteiger partial charge in [0.05, 0.1) is 17.7 Å². The largest absolute Gasteiger partial charge is 0.495 e. The molecule has 0 aliphatic rings. The zero-order chi connectivity index (χ0) is 29.5. The molecule has 40 heavy (non-hydrogen) atoms. The number of carbonyl (C=O) groups is 2. The van der Waals surface area contributed by atoms with Crippen LogP contribution >= 0.6 is 0 Å². The number of hydrogen-bond donors (Lipinski definition) is 1. The van der Waals surface area contributed by atoms with Crippen LogP contribution in [0.5, 0.6) is 5.75 Å². The van der Waals surface area contributed by atoms with Crippen LogP contribution in [0.15, 0.2) is 83.8 Å². The van der Waals surface area contributed by atoms with E-state index in [1.807, 2.05) is 58.9 Å². The summed E-state index contributed by atoms with van der Waals surface area (Å²) in [4.78, 5) is 29.1. The van der Waals surface area contributed by atoms with Gasteiger partial charge in [-0.3, -0.25) is 13.9 Å². The number of sulfonamides is 1. The molecule has 1 atom stereocenters. The first-order chi connectivity index (χ1) is 18.9. The molecule has 214 valence electrons. The van der Waals surface area contributed by atoms with Crippen LogP contribution in [0.4, 0.5) is 5.69 Å². The molecule has 8 nitrogen and oxygen atoms in total. The highest BCUT2D eigenvalue weighted by molar-refractivity contribution is 7.92. The summed E-state index contributed by atoms with van der Waals surface area (Å²) in [5, 5.41) is 2.98. The number of para-hydroxylation sites is 2. The highest BCUT2D eigenvalue weighted by Crippen LogP contribution is 2.32. The molecule has 0 bridgehead atoms. The number of ether oxygens (including phenoxy) is 1. The van der Waals surface area contributed by atoms with Gasteiger partial charge in [0.15, 0.2) is 0 Å². The number of amides is 2. The molecule has 0 radical (unpaired) electrons. The van der Waals surface area contributed by atoms with Crippen LogP contribution in [0, 0.1) is 6.92 Å². The van der Waals surface area contributed by atoms with Crippen molar-refractivity contribution in [3.05, 3.63) is 90.0 Å². The van der Waals surface area contributed by atoms with E-state index < -0.39 is 34.1 Å². The average Bonchev–Trinajstić information content (AvgIpc) is 2.91. The quantitative estimate of drug-likeness (QED) is 0.356. The number of nitrogens with zero attached hydrogens (tertiary/aromatic N) is 2. The lowest BCUT2D eigenvalue weighted by Gasteiger charge is -2.35. The van der Waals surface area contributed by atoms with Gasteiger partial charge in [0.1, 0.15) is 18.3 Å². The minimum atomic E-state index is -4.17. The molecule has 0 fully saturated rings. The number of methoxy groups -OCH3 is 1. The van der Waals surface area contributed by atoms with Crippen LogP contribution in [0.2, 0.25) is 0 Å². The summed E-state index contributed by atoms with van der Waals surface area (Å²) < 4.78 is 34.4. The lowest BCUT2D eigenvalue weighted by molar-refractivity contribution is -0.141. The first kappa shape index (κ1) is 30.7. The first-order valence-corrected chi connectivity index (χ1v) is 14.7. The van der Waals surface area contributed by atoms with E-state index in [1.54, 1.807) is 42.5 Å². The predicted octanol–water partition coefficient (Wildman–Crippen LogP) is 4.92. The Morgan fingerprint density at radius 1 is 0.950 bits per heavy atom. The maximum atomic E-state index is 14.2. The molecule has 0 aromatic heterocycles. The van der Waals surface area contributed by atoms with E-state index in [9.17, 15) is 18.0 Å². The average molecular weight is 566 g/mol. The second-order valence-electron chi connectivity index (χ2n) is 10.7. The first-order valence-electron chi connectivity index (χ1n) is 13.2. The van der Waals surface area contributed by atoms with Gasteiger partial charge < -0.3 is 15.0 Å². The Hall–Kier alpha value is -3.85. The van der Waals surface area contributed by atoms with Crippen LogP contribution in [-0.4, -0.2) is 50.4 Å². The van der Waals surface area contributed by atoms with Gasteiger partial charge in [0.25, 0.3) is 10.0 Å². The topological polar surface area (TPSA) is 96.0 Å². The molecule has 0 saturated carbocycles. The number of nitrogens with one attached hydrogen (secondary N) is 1. The fourth-order valence-corrected chi connectivity index (χ4v) is 5.89. The molecule has 0 aliphatic heterocycles. The Labute approximate surface area is 238 Å². The third kappa shape index (κ3) is 7.63. The van der Waals surface area contributed by atoms with Gasteiger partial charge in [-0.2, -0.15) is 0 Å². The third-order valence-electron chi connectivity index (χ3n) is 6.28. The summed E-state index contributed by atoms with van der Waals surface area (Å²) in [5.74, 6) is -0.508. The van der Waals surface area contributed by atoms with Gasteiger partial charge in [0.2, 0.25) is 11.8 Å². The lowest BCUT2D eigenvalue weighted by atomic mass is 10.0. The number of anilines is 1. The maximum absolute atomic E-state index is 14.2. The van der Waals surface area contributed by atoms with Crippen molar-refractivity contribution in [1.29, 1.82) is 0 Å². The van der Waals surface area contributed by atoms with Crippen molar-refractivity contribution in [2.45, 2.75) is 64.1 Å². The van der Waals surface area contributed by atoms with E-state index in [0.29, 0.717) is 12.2 Å². The Kier molecular flexibility index (Phi) is 9.98. The molecule has 2 amide bonds. The smallest absolute Gasteiger partial charge is 0.264 e. The van der Waals surface area contributed by atoms with E-state index >= 15 is 0 Å². The highest BCUT2D eigenvalue weighted by atomic mass is 32.2. The molecule has 0 aliphatic carbocycles. The molecule has 0 spiro atoms. The fourth-order valence-electron chi connectivity index (χ4n) is 4.45. The molecule has 3 aromatic carbocycles. The molecule has 0 unspecified atom stereocenters. The number of aryl methyl sites for hydroxylation is 1. The van der Waals surface area contributed by atoms with E-state index in [0.717, 1.165) is 15.4 Å². The zero-order valence-electron chi connectivity index (χ0n) is 24.0. The molecule has 9 heteroatoms. The standard InChI is InChI=1S/C31H39N3O5S/c1-7-26(30(36)32-31(3,4)5)33(21-24-15-13-14-23(2)20-24)29(35)22-34(27-18-11-12-19-28(27)39-6)40(37,38)25-16-9-8-10-17-25/h8-20,26H,7,21-22H2,1-6H3,(H,32,36)/t26-/m0/s1. The molecule has 0 saturated heterocycles. The number of benzene rings is 3. The van der Waals surface area contributed by atoms with Crippen molar-refractivity contribution in [2.75, 3.05) is 18.0 Å². The van der Waals surface area contributed by atoms with Gasteiger partial charge in [0, 0.05) is 12.1 Å². The van der Waals surface area contributed by atoms with E-state index in [-0.39, 0.29) is 23.0 Å². The van der Waals surface area contributed by atoms with Crippen molar-refractivity contribution in [3.8, 4) is 5.75 Å². The summed E-state index contributed by atoms with van der Waals surface area (Å²) in [7, 11) is -2.72. The molecule has 3 rings (SSSR count). The highest BCUT2D eigenvalue weighted by Gasteiger charge is 2.35. The molecular formula is C31H39N3O5S. The minimum absolute atomic E-state index is 0.0384. The molecule has 1 N–H and O–H groups in total. The Morgan fingerprint density at radius 3 is 2.20 bits per heavy atom. The zero-order valence-corrected chi connectivity index (χ0v) is 24.9. The summed E-state index contributed by atoms with van der Waals surface area (Å²) >= 11 is 0. The number of carbonyl (C=O) groups excluding carboxylic acids is 2. The molecule has 3 aromatic rings. The van der Waals surface area contributed by atoms with Crippen molar-refractivity contribution < 1.29 is 22.7 Å². The Morgan fingerprint density at radius 2 is 1.60 bits per heavy atom. The van der Waals surface area contributed by atoms with Gasteiger partial charge >= 0.3 is 0 Å². The normalized spacial score (nSPS) is 12.3. The van der Waals surface area contributed by atoms with Crippen LogP contribution in [-0.2, 0) is 26.2 Å².